The van der Waals surface area contributed by atoms with Gasteiger partial charge in [0, 0.05) is 18.7 Å². The van der Waals surface area contributed by atoms with Crippen LogP contribution < -0.4 is 10.0 Å². The predicted molar refractivity (Wildman–Crippen MR) is 114 cm³/mol. The van der Waals surface area contributed by atoms with Gasteiger partial charge < -0.3 is 5.32 Å². The fraction of sp³-hybridized carbons (Fsp3) is 0.0909. The Balaban J connectivity index is 1.71. The molecular weight excluding hydrogens is 422 g/mol. The summed E-state index contributed by atoms with van der Waals surface area (Å²) in [4.78, 5) is 12.3. The van der Waals surface area contributed by atoms with Gasteiger partial charge in [-0.25, -0.2) is 13.1 Å². The van der Waals surface area contributed by atoms with Gasteiger partial charge in [-0.15, -0.1) is 0 Å². The average molecular weight is 440 g/mol. The molecule has 0 aliphatic carbocycles. The molecule has 3 rings (SSSR count). The van der Waals surface area contributed by atoms with Gasteiger partial charge in [-0.05, 0) is 41.5 Å². The summed E-state index contributed by atoms with van der Waals surface area (Å²) in [6, 6.07) is 22.0. The van der Waals surface area contributed by atoms with Gasteiger partial charge in [0.2, 0.25) is 10.0 Å². The van der Waals surface area contributed by atoms with Crippen LogP contribution in [0.2, 0.25) is 5.02 Å². The van der Waals surface area contributed by atoms with Crippen LogP contribution in [0, 0.1) is 11.3 Å². The van der Waals surface area contributed by atoms with Crippen molar-refractivity contribution in [2.24, 2.45) is 0 Å². The van der Waals surface area contributed by atoms with Crippen molar-refractivity contribution in [3.05, 3.63) is 100 Å². The first-order valence-corrected chi connectivity index (χ1v) is 10.9. The van der Waals surface area contributed by atoms with Crippen LogP contribution in [0.25, 0.3) is 0 Å². The van der Waals surface area contributed by atoms with Crippen molar-refractivity contribution in [2.75, 3.05) is 0 Å². The molecule has 0 bridgehead atoms. The van der Waals surface area contributed by atoms with Crippen LogP contribution in [-0.2, 0) is 23.1 Å². The Hall–Kier alpha value is -3.18. The van der Waals surface area contributed by atoms with Gasteiger partial charge in [-0.2, -0.15) is 5.26 Å². The third-order valence-electron chi connectivity index (χ3n) is 4.33. The van der Waals surface area contributed by atoms with Crippen LogP contribution in [0.5, 0.6) is 0 Å². The van der Waals surface area contributed by atoms with Crippen molar-refractivity contribution >= 4 is 27.5 Å². The van der Waals surface area contributed by atoms with Gasteiger partial charge in [-0.3, -0.25) is 4.79 Å². The van der Waals surface area contributed by atoms with E-state index in [2.05, 4.69) is 10.0 Å². The summed E-state index contributed by atoms with van der Waals surface area (Å²) < 4.78 is 27.9. The highest BCUT2D eigenvalue weighted by molar-refractivity contribution is 7.89. The quantitative estimate of drug-likeness (QED) is 0.587. The number of amides is 1. The molecule has 3 aromatic carbocycles. The molecule has 0 fully saturated rings. The second kappa shape index (κ2) is 9.55. The molecule has 0 aliphatic heterocycles. The number of rotatable bonds is 7. The van der Waals surface area contributed by atoms with E-state index in [0.717, 1.165) is 11.1 Å². The zero-order chi connectivity index (χ0) is 21.6. The van der Waals surface area contributed by atoms with Gasteiger partial charge in [0.1, 0.15) is 4.90 Å². The van der Waals surface area contributed by atoms with Crippen LogP contribution in [0.3, 0.4) is 0 Å². The number of halogens is 1. The van der Waals surface area contributed by atoms with E-state index in [-0.39, 0.29) is 28.6 Å². The van der Waals surface area contributed by atoms with Crippen LogP contribution in [0.4, 0.5) is 0 Å². The van der Waals surface area contributed by atoms with E-state index in [1.165, 1.54) is 18.2 Å². The monoisotopic (exact) mass is 439 g/mol. The maximum atomic E-state index is 12.7. The number of carbonyl (C=O) groups is 1. The van der Waals surface area contributed by atoms with E-state index in [0.29, 0.717) is 5.56 Å². The first kappa shape index (κ1) is 21.5. The second-order valence-electron chi connectivity index (χ2n) is 6.45. The lowest BCUT2D eigenvalue weighted by Crippen LogP contribution is -2.25. The molecule has 0 heterocycles. The lowest BCUT2D eigenvalue weighted by Gasteiger charge is -2.11. The fourth-order valence-corrected chi connectivity index (χ4v) is 4.23. The zero-order valence-electron chi connectivity index (χ0n) is 15.8. The zero-order valence-corrected chi connectivity index (χ0v) is 17.4. The highest BCUT2D eigenvalue weighted by Gasteiger charge is 2.20. The van der Waals surface area contributed by atoms with E-state index in [9.17, 15) is 13.2 Å². The fourth-order valence-electron chi connectivity index (χ4n) is 2.68. The average Bonchev–Trinajstić information content (AvgIpc) is 2.77. The van der Waals surface area contributed by atoms with Crippen molar-refractivity contribution < 1.29 is 13.2 Å². The minimum absolute atomic E-state index is 0.0270. The third kappa shape index (κ3) is 5.45. The minimum Gasteiger partial charge on any atom is -0.348 e. The minimum atomic E-state index is -3.91. The summed E-state index contributed by atoms with van der Waals surface area (Å²) in [6.45, 7) is 0.343. The summed E-state index contributed by atoms with van der Waals surface area (Å²) in [6.07, 6.45) is 0. The molecule has 0 saturated heterocycles. The molecule has 0 radical (unpaired) electrons. The lowest BCUT2D eigenvalue weighted by molar-refractivity contribution is 0.0950. The molecule has 0 aromatic heterocycles. The van der Waals surface area contributed by atoms with Crippen LogP contribution in [0.15, 0.2) is 77.7 Å². The Labute approximate surface area is 180 Å². The van der Waals surface area contributed by atoms with E-state index >= 15 is 0 Å². The molecule has 3 aromatic rings. The van der Waals surface area contributed by atoms with Crippen molar-refractivity contribution in [1.82, 2.24) is 10.0 Å². The molecule has 0 unspecified atom stereocenters. The SMILES string of the molecule is N#Cc1ccc(CNC(=O)c2ccc(Cl)c(S(=O)(=O)NCc3ccccc3)c2)cc1. The Bertz CT molecular complexity index is 1190. The number of hydrogen-bond acceptors (Lipinski definition) is 4. The maximum Gasteiger partial charge on any atom is 0.251 e. The number of benzene rings is 3. The molecule has 0 aliphatic rings. The predicted octanol–water partition coefficient (Wildman–Crippen LogP) is 3.62. The third-order valence-corrected chi connectivity index (χ3v) is 6.21. The normalized spacial score (nSPS) is 10.9. The second-order valence-corrected chi connectivity index (χ2v) is 8.59. The van der Waals surface area contributed by atoms with Crippen LogP contribution in [-0.4, -0.2) is 14.3 Å². The van der Waals surface area contributed by atoms with E-state index < -0.39 is 15.9 Å². The van der Waals surface area contributed by atoms with Gasteiger partial charge in [0.25, 0.3) is 5.91 Å². The Morgan fingerprint density at radius 2 is 1.60 bits per heavy atom. The topological polar surface area (TPSA) is 99.1 Å². The molecule has 2 N–H and O–H groups in total. The largest absolute Gasteiger partial charge is 0.348 e. The number of hydrogen-bond donors (Lipinski definition) is 2. The summed E-state index contributed by atoms with van der Waals surface area (Å²) in [5, 5.41) is 11.6. The Morgan fingerprint density at radius 1 is 0.933 bits per heavy atom. The van der Waals surface area contributed by atoms with Crippen molar-refractivity contribution in [3.8, 4) is 6.07 Å². The van der Waals surface area contributed by atoms with Gasteiger partial charge in [0.05, 0.1) is 16.7 Å². The van der Waals surface area contributed by atoms with Crippen molar-refractivity contribution in [2.45, 2.75) is 18.0 Å². The van der Waals surface area contributed by atoms with E-state index in [4.69, 9.17) is 16.9 Å². The molecular formula is C22H18ClN3O3S. The van der Waals surface area contributed by atoms with Crippen molar-refractivity contribution in [3.63, 3.8) is 0 Å². The number of nitrogens with one attached hydrogen (secondary N) is 2. The van der Waals surface area contributed by atoms with Crippen LogP contribution >= 0.6 is 11.6 Å². The lowest BCUT2D eigenvalue weighted by atomic mass is 10.1. The molecule has 0 saturated carbocycles. The summed E-state index contributed by atoms with van der Waals surface area (Å²) in [7, 11) is -3.91. The number of nitriles is 1. The van der Waals surface area contributed by atoms with E-state index in [1.54, 1.807) is 36.4 Å². The standard InChI is InChI=1S/C22H18ClN3O3S/c23-20-11-10-19(22(27)25-14-18-8-6-16(13-24)7-9-18)12-21(20)30(28,29)26-15-17-4-2-1-3-5-17/h1-12,26H,14-15H2,(H,25,27). The van der Waals surface area contributed by atoms with Crippen LogP contribution in [0.1, 0.15) is 27.0 Å². The molecule has 152 valence electrons. The smallest absolute Gasteiger partial charge is 0.251 e. The van der Waals surface area contributed by atoms with Gasteiger partial charge in [-0.1, -0.05) is 54.1 Å². The molecule has 1 amide bonds. The summed E-state index contributed by atoms with van der Waals surface area (Å²) in [5.41, 5.74) is 2.32. The molecule has 8 heteroatoms. The van der Waals surface area contributed by atoms with E-state index in [1.807, 2.05) is 24.3 Å². The molecule has 0 spiro atoms. The van der Waals surface area contributed by atoms with Crippen molar-refractivity contribution in [1.29, 1.82) is 5.26 Å². The Morgan fingerprint density at radius 3 is 2.27 bits per heavy atom. The molecule has 0 atom stereocenters. The summed E-state index contributed by atoms with van der Waals surface area (Å²) >= 11 is 6.09. The molecule has 30 heavy (non-hydrogen) atoms. The summed E-state index contributed by atoms with van der Waals surface area (Å²) in [5.74, 6) is -0.435. The highest BCUT2D eigenvalue weighted by Crippen LogP contribution is 2.23. The number of nitrogens with zero attached hydrogens (tertiary/aromatic N) is 1. The maximum absolute atomic E-state index is 12.7. The molecule has 6 nitrogen and oxygen atoms in total. The first-order valence-electron chi connectivity index (χ1n) is 8.99. The first-order chi connectivity index (χ1) is 14.4. The Kier molecular flexibility index (Phi) is 6.85. The van der Waals surface area contributed by atoms with Gasteiger partial charge >= 0.3 is 0 Å². The number of sulfonamides is 1. The highest BCUT2D eigenvalue weighted by atomic mass is 35.5. The van der Waals surface area contributed by atoms with Gasteiger partial charge in [0.15, 0.2) is 0 Å². The number of carbonyl (C=O) groups excluding carboxylic acids is 1.